The molecule has 0 saturated carbocycles. The van der Waals surface area contributed by atoms with Crippen LogP contribution in [0.15, 0.2) is 59.2 Å². The number of esters is 1. The number of hydrogen-bond donors (Lipinski definition) is 0. The van der Waals surface area contributed by atoms with Crippen LogP contribution in [0.25, 0.3) is 16.6 Å². The van der Waals surface area contributed by atoms with Gasteiger partial charge in [-0.05, 0) is 30.3 Å². The molecule has 0 unspecified atom stereocenters. The van der Waals surface area contributed by atoms with E-state index in [0.717, 1.165) is 21.1 Å². The van der Waals surface area contributed by atoms with Gasteiger partial charge in [-0.15, -0.1) is 0 Å². The number of rotatable bonds is 2. The second kappa shape index (κ2) is 5.13. The summed E-state index contributed by atoms with van der Waals surface area (Å²) in [5, 5.41) is 1.12. The molecule has 3 aromatic rings. The first kappa shape index (κ1) is 12.9. The fraction of sp³-hybridized carbons (Fsp3) is 0.0625. The Balaban J connectivity index is 2.26. The molecule has 3 nitrogen and oxygen atoms in total. The van der Waals surface area contributed by atoms with Crippen LogP contribution in [0, 0.1) is 0 Å². The summed E-state index contributed by atoms with van der Waals surface area (Å²) in [4.78, 5) is 11.9. The lowest BCUT2D eigenvalue weighted by molar-refractivity contribution is 0.0601. The minimum atomic E-state index is -0.336. The second-order valence-electron chi connectivity index (χ2n) is 4.40. The molecule has 2 aromatic carbocycles. The van der Waals surface area contributed by atoms with Gasteiger partial charge in [0.15, 0.2) is 0 Å². The summed E-state index contributed by atoms with van der Waals surface area (Å²) in [6.07, 6.45) is 1.96. The molecule has 0 atom stereocenters. The van der Waals surface area contributed by atoms with Crippen LogP contribution in [0.5, 0.6) is 0 Å². The number of carbonyl (C=O) groups is 1. The van der Waals surface area contributed by atoms with E-state index in [1.54, 1.807) is 6.07 Å². The minimum Gasteiger partial charge on any atom is -0.465 e. The van der Waals surface area contributed by atoms with E-state index < -0.39 is 0 Å². The van der Waals surface area contributed by atoms with Crippen molar-refractivity contribution in [3.05, 3.63) is 64.8 Å². The number of carbonyl (C=O) groups excluding carboxylic acids is 1. The van der Waals surface area contributed by atoms with Crippen molar-refractivity contribution in [2.75, 3.05) is 7.11 Å². The van der Waals surface area contributed by atoms with E-state index >= 15 is 0 Å². The highest BCUT2D eigenvalue weighted by atomic mass is 79.9. The fourth-order valence-corrected chi connectivity index (χ4v) is 2.63. The van der Waals surface area contributed by atoms with E-state index in [4.69, 9.17) is 4.74 Å². The molecule has 0 amide bonds. The molecule has 1 aromatic heterocycles. The number of hydrogen-bond acceptors (Lipinski definition) is 2. The molecule has 0 aliphatic rings. The van der Waals surface area contributed by atoms with Crippen molar-refractivity contribution in [2.45, 2.75) is 0 Å². The van der Waals surface area contributed by atoms with Gasteiger partial charge >= 0.3 is 5.97 Å². The molecule has 3 rings (SSSR count). The molecule has 0 spiro atoms. The van der Waals surface area contributed by atoms with E-state index in [-0.39, 0.29) is 5.97 Å². The molecule has 0 N–H and O–H groups in total. The Bertz CT molecular complexity index is 792. The summed E-state index contributed by atoms with van der Waals surface area (Å²) in [5.74, 6) is -0.336. The highest BCUT2D eigenvalue weighted by molar-refractivity contribution is 9.10. The topological polar surface area (TPSA) is 31.2 Å². The first-order valence-electron chi connectivity index (χ1n) is 6.15. The lowest BCUT2D eigenvalue weighted by Gasteiger charge is -2.10. The summed E-state index contributed by atoms with van der Waals surface area (Å²) >= 11 is 3.48. The average Bonchev–Trinajstić information content (AvgIpc) is 2.89. The van der Waals surface area contributed by atoms with Crippen molar-refractivity contribution in [3.8, 4) is 5.69 Å². The summed E-state index contributed by atoms with van der Waals surface area (Å²) in [7, 11) is 1.39. The normalized spacial score (nSPS) is 10.7. The highest BCUT2D eigenvalue weighted by Gasteiger charge is 2.13. The standard InChI is InChI=1S/C16H12BrNO2/c1-20-16(19)13-4-2-3-5-14(13)18-9-8-11-6-7-12(17)10-15(11)18/h2-10H,1H3. The van der Waals surface area contributed by atoms with E-state index in [2.05, 4.69) is 15.9 Å². The van der Waals surface area contributed by atoms with Gasteiger partial charge < -0.3 is 9.30 Å². The molecule has 0 aliphatic carbocycles. The number of fused-ring (bicyclic) bond motifs is 1. The van der Waals surface area contributed by atoms with Crippen LogP contribution in [-0.2, 0) is 4.74 Å². The molecular weight excluding hydrogens is 318 g/mol. The van der Waals surface area contributed by atoms with Crippen molar-refractivity contribution < 1.29 is 9.53 Å². The highest BCUT2D eigenvalue weighted by Crippen LogP contribution is 2.26. The third-order valence-electron chi connectivity index (χ3n) is 3.22. The van der Waals surface area contributed by atoms with Crippen LogP contribution < -0.4 is 0 Å². The maximum atomic E-state index is 11.9. The van der Waals surface area contributed by atoms with Gasteiger partial charge in [0, 0.05) is 16.1 Å². The third kappa shape index (κ3) is 2.12. The largest absolute Gasteiger partial charge is 0.465 e. The van der Waals surface area contributed by atoms with Gasteiger partial charge in [-0.1, -0.05) is 34.1 Å². The van der Waals surface area contributed by atoms with Crippen molar-refractivity contribution in [1.29, 1.82) is 0 Å². The number of para-hydroxylation sites is 1. The van der Waals surface area contributed by atoms with Crippen LogP contribution in [-0.4, -0.2) is 17.6 Å². The molecule has 100 valence electrons. The zero-order chi connectivity index (χ0) is 14.1. The van der Waals surface area contributed by atoms with E-state index in [1.165, 1.54) is 7.11 Å². The number of halogens is 1. The Morgan fingerprint density at radius 1 is 1.15 bits per heavy atom. The van der Waals surface area contributed by atoms with Gasteiger partial charge in [0.25, 0.3) is 0 Å². The third-order valence-corrected chi connectivity index (χ3v) is 3.72. The minimum absolute atomic E-state index is 0.336. The molecule has 20 heavy (non-hydrogen) atoms. The van der Waals surface area contributed by atoms with Crippen LogP contribution >= 0.6 is 15.9 Å². The smallest absolute Gasteiger partial charge is 0.339 e. The van der Waals surface area contributed by atoms with Crippen molar-refractivity contribution in [3.63, 3.8) is 0 Å². The maximum absolute atomic E-state index is 11.9. The van der Waals surface area contributed by atoms with Crippen molar-refractivity contribution in [1.82, 2.24) is 4.57 Å². The first-order valence-corrected chi connectivity index (χ1v) is 6.94. The molecule has 0 bridgehead atoms. The Kier molecular flexibility index (Phi) is 3.32. The maximum Gasteiger partial charge on any atom is 0.339 e. The monoisotopic (exact) mass is 329 g/mol. The molecule has 0 radical (unpaired) electrons. The lowest BCUT2D eigenvalue weighted by atomic mass is 10.1. The van der Waals surface area contributed by atoms with Gasteiger partial charge in [0.05, 0.1) is 23.9 Å². The van der Waals surface area contributed by atoms with Gasteiger partial charge in [0.2, 0.25) is 0 Å². The molecule has 1 heterocycles. The van der Waals surface area contributed by atoms with Crippen molar-refractivity contribution in [2.24, 2.45) is 0 Å². The first-order chi connectivity index (χ1) is 9.70. The average molecular weight is 330 g/mol. The van der Waals surface area contributed by atoms with Crippen LogP contribution in [0.2, 0.25) is 0 Å². The number of ether oxygens (including phenoxy) is 1. The molecule has 4 heteroatoms. The summed E-state index contributed by atoms with van der Waals surface area (Å²) < 4.78 is 7.84. The Hall–Kier alpha value is -2.07. The molecule has 0 saturated heterocycles. The predicted molar refractivity (Wildman–Crippen MR) is 82.3 cm³/mol. The summed E-state index contributed by atoms with van der Waals surface area (Å²) in [6, 6.07) is 15.5. The molecule has 0 aliphatic heterocycles. The van der Waals surface area contributed by atoms with E-state index in [9.17, 15) is 4.79 Å². The quantitative estimate of drug-likeness (QED) is 0.660. The predicted octanol–water partition coefficient (Wildman–Crippen LogP) is 4.18. The Morgan fingerprint density at radius 2 is 1.95 bits per heavy atom. The van der Waals surface area contributed by atoms with Crippen LogP contribution in [0.3, 0.4) is 0 Å². The second-order valence-corrected chi connectivity index (χ2v) is 5.31. The summed E-state index contributed by atoms with van der Waals surface area (Å²) in [6.45, 7) is 0. The van der Waals surface area contributed by atoms with Gasteiger partial charge in [-0.25, -0.2) is 4.79 Å². The van der Waals surface area contributed by atoms with Gasteiger partial charge in [0.1, 0.15) is 0 Å². The molecular formula is C16H12BrNO2. The zero-order valence-electron chi connectivity index (χ0n) is 10.8. The Labute approximate surface area is 124 Å². The van der Waals surface area contributed by atoms with E-state index in [0.29, 0.717) is 5.56 Å². The SMILES string of the molecule is COC(=O)c1ccccc1-n1ccc2ccc(Br)cc21. The van der Waals surface area contributed by atoms with Gasteiger partial charge in [-0.2, -0.15) is 0 Å². The summed E-state index contributed by atoms with van der Waals surface area (Å²) in [5.41, 5.74) is 2.40. The van der Waals surface area contributed by atoms with E-state index in [1.807, 2.05) is 53.2 Å². The lowest BCUT2D eigenvalue weighted by Crippen LogP contribution is -2.07. The fourth-order valence-electron chi connectivity index (χ4n) is 2.28. The van der Waals surface area contributed by atoms with Crippen LogP contribution in [0.4, 0.5) is 0 Å². The molecule has 0 fully saturated rings. The number of benzene rings is 2. The van der Waals surface area contributed by atoms with Crippen LogP contribution in [0.1, 0.15) is 10.4 Å². The Morgan fingerprint density at radius 3 is 2.75 bits per heavy atom. The zero-order valence-corrected chi connectivity index (χ0v) is 12.4. The number of nitrogens with zero attached hydrogens (tertiary/aromatic N) is 1. The number of methoxy groups -OCH3 is 1. The number of aromatic nitrogens is 1. The van der Waals surface area contributed by atoms with Gasteiger partial charge in [-0.3, -0.25) is 0 Å². The van der Waals surface area contributed by atoms with Crippen molar-refractivity contribution >= 4 is 32.8 Å².